The van der Waals surface area contributed by atoms with Gasteiger partial charge < -0.3 is 10.6 Å². The zero-order valence-electron chi connectivity index (χ0n) is 10.5. The van der Waals surface area contributed by atoms with Gasteiger partial charge in [-0.05, 0) is 35.9 Å². The van der Waals surface area contributed by atoms with Crippen LogP contribution in [0.5, 0.6) is 0 Å². The molecule has 0 aliphatic rings. The Hall–Kier alpha value is -1.65. The second kappa shape index (κ2) is 5.99. The van der Waals surface area contributed by atoms with Gasteiger partial charge in [-0.25, -0.2) is 0 Å². The molecule has 98 valence electrons. The first-order chi connectivity index (χ1) is 9.08. The number of anilines is 1. The van der Waals surface area contributed by atoms with Crippen molar-refractivity contribution in [2.45, 2.75) is 6.54 Å². The molecule has 0 atom stereocenters. The molecule has 2 aromatic rings. The molecular formula is C14H14ClN3S. The highest BCUT2D eigenvalue weighted by molar-refractivity contribution is 7.80. The van der Waals surface area contributed by atoms with Crippen molar-refractivity contribution in [1.82, 2.24) is 4.98 Å². The number of pyridine rings is 1. The summed E-state index contributed by atoms with van der Waals surface area (Å²) in [5, 5.41) is 0.641. The maximum Gasteiger partial charge on any atom is 0.104 e. The lowest BCUT2D eigenvalue weighted by molar-refractivity contribution is 0.920. The Morgan fingerprint density at radius 2 is 2.00 bits per heavy atom. The van der Waals surface area contributed by atoms with Gasteiger partial charge in [-0.15, -0.1) is 0 Å². The molecule has 0 aliphatic heterocycles. The van der Waals surface area contributed by atoms with Crippen molar-refractivity contribution in [2.24, 2.45) is 5.73 Å². The van der Waals surface area contributed by atoms with Gasteiger partial charge in [0.1, 0.15) is 4.99 Å². The molecule has 0 fully saturated rings. The lowest BCUT2D eigenvalue weighted by Crippen LogP contribution is -2.17. The summed E-state index contributed by atoms with van der Waals surface area (Å²) in [7, 11) is 1.99. The van der Waals surface area contributed by atoms with E-state index in [0.717, 1.165) is 17.8 Å². The number of halogens is 1. The summed E-state index contributed by atoms with van der Waals surface area (Å²) in [5.74, 6) is 0. The SMILES string of the molecule is CN(Cc1ccncc1)c1ccc(C(N)=S)cc1Cl. The summed E-state index contributed by atoms with van der Waals surface area (Å²) in [6, 6.07) is 9.56. The molecule has 1 aromatic carbocycles. The first kappa shape index (κ1) is 13.8. The van der Waals surface area contributed by atoms with E-state index in [4.69, 9.17) is 29.6 Å². The van der Waals surface area contributed by atoms with E-state index in [0.29, 0.717) is 10.0 Å². The van der Waals surface area contributed by atoms with Crippen molar-refractivity contribution in [3.63, 3.8) is 0 Å². The molecule has 0 spiro atoms. The lowest BCUT2D eigenvalue weighted by Gasteiger charge is -2.21. The number of rotatable bonds is 4. The maximum absolute atomic E-state index is 6.27. The molecule has 0 radical (unpaired) electrons. The number of thiocarbonyl (C=S) groups is 1. The summed E-state index contributed by atoms with van der Waals surface area (Å²) in [6.07, 6.45) is 3.56. The van der Waals surface area contributed by atoms with E-state index in [-0.39, 0.29) is 0 Å². The Labute approximate surface area is 123 Å². The van der Waals surface area contributed by atoms with E-state index < -0.39 is 0 Å². The first-order valence-corrected chi connectivity index (χ1v) is 6.56. The molecule has 0 saturated heterocycles. The minimum absolute atomic E-state index is 0.352. The molecule has 0 amide bonds. The Bertz CT molecular complexity index is 586. The van der Waals surface area contributed by atoms with Gasteiger partial charge in [0.2, 0.25) is 0 Å². The average molecular weight is 292 g/mol. The Morgan fingerprint density at radius 3 is 2.58 bits per heavy atom. The molecule has 3 nitrogen and oxygen atoms in total. The minimum atomic E-state index is 0.352. The summed E-state index contributed by atoms with van der Waals surface area (Å²) in [4.78, 5) is 6.42. The molecule has 2 N–H and O–H groups in total. The van der Waals surface area contributed by atoms with Crippen molar-refractivity contribution >= 4 is 34.5 Å². The topological polar surface area (TPSA) is 42.2 Å². The zero-order valence-corrected chi connectivity index (χ0v) is 12.1. The maximum atomic E-state index is 6.27. The summed E-state index contributed by atoms with van der Waals surface area (Å²) in [6.45, 7) is 0.759. The number of hydrogen-bond donors (Lipinski definition) is 1. The van der Waals surface area contributed by atoms with Gasteiger partial charge >= 0.3 is 0 Å². The molecule has 1 heterocycles. The van der Waals surface area contributed by atoms with Crippen LogP contribution in [-0.2, 0) is 6.54 Å². The predicted octanol–water partition coefficient (Wildman–Crippen LogP) is 3.01. The highest BCUT2D eigenvalue weighted by Crippen LogP contribution is 2.27. The normalized spacial score (nSPS) is 10.2. The van der Waals surface area contributed by atoms with Crippen molar-refractivity contribution in [1.29, 1.82) is 0 Å². The number of nitrogens with two attached hydrogens (primary N) is 1. The van der Waals surface area contributed by atoms with Crippen molar-refractivity contribution in [3.05, 3.63) is 58.9 Å². The van der Waals surface area contributed by atoms with Crippen LogP contribution in [0.1, 0.15) is 11.1 Å². The van der Waals surface area contributed by atoms with Crippen LogP contribution in [0, 0.1) is 0 Å². The molecule has 2 rings (SSSR count). The number of hydrogen-bond acceptors (Lipinski definition) is 3. The molecule has 0 unspecified atom stereocenters. The van der Waals surface area contributed by atoms with Crippen molar-refractivity contribution in [3.8, 4) is 0 Å². The Balaban J connectivity index is 2.20. The van der Waals surface area contributed by atoms with Crippen LogP contribution in [0.2, 0.25) is 5.02 Å². The van der Waals surface area contributed by atoms with E-state index >= 15 is 0 Å². The van der Waals surface area contributed by atoms with Gasteiger partial charge in [0.05, 0.1) is 10.7 Å². The van der Waals surface area contributed by atoms with E-state index in [1.807, 2.05) is 31.3 Å². The molecule has 0 saturated carbocycles. The molecule has 0 aliphatic carbocycles. The van der Waals surface area contributed by atoms with Crippen LogP contribution in [0.4, 0.5) is 5.69 Å². The predicted molar refractivity (Wildman–Crippen MR) is 83.7 cm³/mol. The van der Waals surface area contributed by atoms with Gasteiger partial charge in [0, 0.05) is 31.5 Å². The largest absolute Gasteiger partial charge is 0.389 e. The molecule has 0 bridgehead atoms. The van der Waals surface area contributed by atoms with Crippen LogP contribution in [-0.4, -0.2) is 17.0 Å². The Kier molecular flexibility index (Phi) is 4.35. The zero-order chi connectivity index (χ0) is 13.8. The van der Waals surface area contributed by atoms with E-state index in [2.05, 4.69) is 9.88 Å². The van der Waals surface area contributed by atoms with Gasteiger partial charge in [0.25, 0.3) is 0 Å². The van der Waals surface area contributed by atoms with Gasteiger partial charge in [0.15, 0.2) is 0 Å². The standard InChI is InChI=1S/C14H14ClN3S/c1-18(9-10-4-6-17-7-5-10)13-3-2-11(14(16)19)8-12(13)15/h2-8H,9H2,1H3,(H2,16,19). The lowest BCUT2D eigenvalue weighted by atomic mass is 10.2. The summed E-state index contributed by atoms with van der Waals surface area (Å²) < 4.78 is 0. The molecular weight excluding hydrogens is 278 g/mol. The van der Waals surface area contributed by atoms with Crippen LogP contribution < -0.4 is 10.6 Å². The van der Waals surface area contributed by atoms with Crippen molar-refractivity contribution < 1.29 is 0 Å². The third-order valence-corrected chi connectivity index (χ3v) is 3.35. The van der Waals surface area contributed by atoms with E-state index in [1.165, 1.54) is 5.56 Å². The van der Waals surface area contributed by atoms with Gasteiger partial charge in [-0.1, -0.05) is 23.8 Å². The van der Waals surface area contributed by atoms with E-state index in [1.54, 1.807) is 18.5 Å². The van der Waals surface area contributed by atoms with Crippen LogP contribution in [0.3, 0.4) is 0 Å². The monoisotopic (exact) mass is 291 g/mol. The van der Waals surface area contributed by atoms with Crippen LogP contribution in [0.15, 0.2) is 42.7 Å². The average Bonchev–Trinajstić information content (AvgIpc) is 2.39. The second-order valence-corrected chi connectivity index (χ2v) is 5.09. The number of aromatic nitrogens is 1. The second-order valence-electron chi connectivity index (χ2n) is 4.24. The summed E-state index contributed by atoms with van der Waals surface area (Å²) >= 11 is 11.2. The molecule has 5 heteroatoms. The fourth-order valence-corrected chi connectivity index (χ4v) is 2.27. The number of benzene rings is 1. The first-order valence-electron chi connectivity index (χ1n) is 5.77. The minimum Gasteiger partial charge on any atom is -0.389 e. The Morgan fingerprint density at radius 1 is 1.32 bits per heavy atom. The molecule has 1 aromatic heterocycles. The fraction of sp³-hybridized carbons (Fsp3) is 0.143. The highest BCUT2D eigenvalue weighted by Gasteiger charge is 2.08. The number of nitrogens with zero attached hydrogens (tertiary/aromatic N) is 2. The van der Waals surface area contributed by atoms with E-state index in [9.17, 15) is 0 Å². The van der Waals surface area contributed by atoms with Crippen molar-refractivity contribution in [2.75, 3.05) is 11.9 Å². The van der Waals surface area contributed by atoms with Gasteiger partial charge in [-0.3, -0.25) is 4.98 Å². The quantitative estimate of drug-likeness (QED) is 0.880. The third kappa shape index (κ3) is 3.43. The fourth-order valence-electron chi connectivity index (χ4n) is 1.82. The van der Waals surface area contributed by atoms with Crippen LogP contribution >= 0.6 is 23.8 Å². The van der Waals surface area contributed by atoms with Gasteiger partial charge in [-0.2, -0.15) is 0 Å². The molecule has 19 heavy (non-hydrogen) atoms. The third-order valence-electron chi connectivity index (χ3n) is 2.81. The smallest absolute Gasteiger partial charge is 0.104 e. The summed E-state index contributed by atoms with van der Waals surface area (Å²) in [5.41, 5.74) is 8.48. The highest BCUT2D eigenvalue weighted by atomic mass is 35.5. The van der Waals surface area contributed by atoms with Crippen LogP contribution in [0.25, 0.3) is 0 Å².